The molecule has 1 aliphatic carbocycles. The molecule has 172 valence electrons. The average molecular weight is 488 g/mol. The summed E-state index contributed by atoms with van der Waals surface area (Å²) in [5.74, 6) is -0.439. The molecular formula is C21H21Cl2F2N3O4. The number of amides is 2. The number of nitrogens with one attached hydrogen (secondary N) is 2. The van der Waals surface area contributed by atoms with Crippen LogP contribution in [0.5, 0.6) is 11.6 Å². The highest BCUT2D eigenvalue weighted by Crippen LogP contribution is 2.27. The molecule has 0 saturated heterocycles. The van der Waals surface area contributed by atoms with Crippen LogP contribution in [-0.2, 0) is 9.59 Å². The number of benzene rings is 1. The topological polar surface area (TPSA) is 89.5 Å². The minimum atomic E-state index is -2.96. The lowest BCUT2D eigenvalue weighted by molar-refractivity contribution is -0.124. The summed E-state index contributed by atoms with van der Waals surface area (Å²) in [5.41, 5.74) is 0.395. The summed E-state index contributed by atoms with van der Waals surface area (Å²) in [6.45, 7) is -3.11. The van der Waals surface area contributed by atoms with E-state index in [2.05, 4.69) is 20.4 Å². The van der Waals surface area contributed by atoms with Gasteiger partial charge in [-0.1, -0.05) is 23.2 Å². The van der Waals surface area contributed by atoms with Gasteiger partial charge < -0.3 is 20.1 Å². The number of hydrogen-bond donors (Lipinski definition) is 2. The third-order valence-electron chi connectivity index (χ3n) is 4.94. The van der Waals surface area contributed by atoms with E-state index in [-0.39, 0.29) is 36.3 Å². The molecule has 1 aromatic heterocycles. The van der Waals surface area contributed by atoms with Gasteiger partial charge in [0.2, 0.25) is 11.8 Å². The zero-order chi connectivity index (χ0) is 23.1. The average Bonchev–Trinajstić information content (AvgIpc) is 2.76. The summed E-state index contributed by atoms with van der Waals surface area (Å²) >= 11 is 11.8. The number of rotatable bonds is 8. The van der Waals surface area contributed by atoms with E-state index in [1.54, 1.807) is 12.1 Å². The van der Waals surface area contributed by atoms with Crippen LogP contribution in [0.15, 0.2) is 36.5 Å². The van der Waals surface area contributed by atoms with E-state index in [1.807, 2.05) is 0 Å². The molecule has 1 saturated carbocycles. The predicted molar refractivity (Wildman–Crippen MR) is 115 cm³/mol. The van der Waals surface area contributed by atoms with Crippen molar-refractivity contribution in [2.24, 2.45) is 5.92 Å². The summed E-state index contributed by atoms with van der Waals surface area (Å²) in [5, 5.41) is 6.37. The lowest BCUT2D eigenvalue weighted by atomic mass is 9.85. The van der Waals surface area contributed by atoms with Crippen molar-refractivity contribution in [2.45, 2.75) is 38.3 Å². The second-order valence-electron chi connectivity index (χ2n) is 7.23. The summed E-state index contributed by atoms with van der Waals surface area (Å²) in [6.07, 6.45) is 3.76. The molecule has 0 bridgehead atoms. The van der Waals surface area contributed by atoms with Crippen molar-refractivity contribution in [3.63, 3.8) is 0 Å². The zero-order valence-electron chi connectivity index (χ0n) is 16.8. The van der Waals surface area contributed by atoms with Gasteiger partial charge in [-0.3, -0.25) is 9.59 Å². The van der Waals surface area contributed by atoms with Crippen molar-refractivity contribution in [2.75, 3.05) is 11.9 Å². The van der Waals surface area contributed by atoms with Crippen LogP contribution in [0.25, 0.3) is 0 Å². The van der Waals surface area contributed by atoms with Crippen LogP contribution in [0.1, 0.15) is 25.7 Å². The number of carbonyl (C=O) groups is 2. The Balaban J connectivity index is 1.38. The molecule has 32 heavy (non-hydrogen) atoms. The molecule has 1 heterocycles. The Labute approximate surface area is 193 Å². The second-order valence-corrected chi connectivity index (χ2v) is 8.05. The number of nitrogens with zero attached hydrogens (tertiary/aromatic N) is 1. The van der Waals surface area contributed by atoms with Gasteiger partial charge in [-0.25, -0.2) is 4.98 Å². The SMILES string of the molecule is O=C(COc1ccc(Cl)c(Cl)c1)NC1CCC(C(=O)Nc2ccc(OC(F)F)nc2)CC1. The van der Waals surface area contributed by atoms with Gasteiger partial charge in [-0.2, -0.15) is 8.78 Å². The van der Waals surface area contributed by atoms with E-state index < -0.39 is 6.61 Å². The van der Waals surface area contributed by atoms with Crippen molar-refractivity contribution < 1.29 is 27.8 Å². The Hall–Kier alpha value is -2.65. The summed E-state index contributed by atoms with van der Waals surface area (Å²) < 4.78 is 33.9. The second kappa shape index (κ2) is 11.3. The van der Waals surface area contributed by atoms with Gasteiger partial charge in [0.1, 0.15) is 5.75 Å². The molecule has 2 aromatic rings. The molecule has 1 aromatic carbocycles. The molecule has 1 aliphatic rings. The smallest absolute Gasteiger partial charge is 0.388 e. The Morgan fingerprint density at radius 3 is 2.47 bits per heavy atom. The van der Waals surface area contributed by atoms with Crippen LogP contribution >= 0.6 is 23.2 Å². The number of ether oxygens (including phenoxy) is 2. The van der Waals surface area contributed by atoms with Crippen molar-refractivity contribution >= 4 is 40.7 Å². The normalized spacial score (nSPS) is 18.2. The number of halogens is 4. The third kappa shape index (κ3) is 7.20. The molecule has 2 amide bonds. The van der Waals surface area contributed by atoms with Crippen LogP contribution < -0.4 is 20.1 Å². The van der Waals surface area contributed by atoms with Gasteiger partial charge in [-0.05, 0) is 43.9 Å². The van der Waals surface area contributed by atoms with Gasteiger partial charge >= 0.3 is 6.61 Å². The van der Waals surface area contributed by atoms with Crippen LogP contribution in [0.4, 0.5) is 14.5 Å². The van der Waals surface area contributed by atoms with E-state index in [0.717, 1.165) is 0 Å². The van der Waals surface area contributed by atoms with E-state index in [4.69, 9.17) is 27.9 Å². The minimum Gasteiger partial charge on any atom is -0.484 e. The van der Waals surface area contributed by atoms with Crippen molar-refractivity contribution in [1.29, 1.82) is 0 Å². The van der Waals surface area contributed by atoms with Gasteiger partial charge in [0.05, 0.1) is 21.9 Å². The predicted octanol–water partition coefficient (Wildman–Crippen LogP) is 4.68. The van der Waals surface area contributed by atoms with Crippen LogP contribution in [0, 0.1) is 5.92 Å². The maximum Gasteiger partial charge on any atom is 0.388 e. The Morgan fingerprint density at radius 2 is 1.84 bits per heavy atom. The Morgan fingerprint density at radius 1 is 1.09 bits per heavy atom. The monoisotopic (exact) mass is 487 g/mol. The molecule has 0 atom stereocenters. The molecule has 11 heteroatoms. The first-order valence-corrected chi connectivity index (χ1v) is 10.6. The number of alkyl halides is 2. The first-order chi connectivity index (χ1) is 15.3. The molecule has 2 N–H and O–H groups in total. The van der Waals surface area contributed by atoms with Crippen molar-refractivity contribution in [3.8, 4) is 11.6 Å². The van der Waals surface area contributed by atoms with E-state index in [9.17, 15) is 18.4 Å². The maximum atomic E-state index is 12.5. The van der Waals surface area contributed by atoms with Gasteiger partial charge in [0, 0.05) is 24.1 Å². The first kappa shape index (κ1) is 24.0. The molecule has 0 spiro atoms. The van der Waals surface area contributed by atoms with E-state index in [0.29, 0.717) is 47.2 Å². The zero-order valence-corrected chi connectivity index (χ0v) is 18.3. The fourth-order valence-corrected chi connectivity index (χ4v) is 3.63. The molecule has 7 nitrogen and oxygen atoms in total. The van der Waals surface area contributed by atoms with Crippen LogP contribution in [-0.4, -0.2) is 36.1 Å². The highest BCUT2D eigenvalue weighted by molar-refractivity contribution is 6.42. The largest absolute Gasteiger partial charge is 0.484 e. The molecule has 0 unspecified atom stereocenters. The van der Waals surface area contributed by atoms with Crippen LogP contribution in [0.2, 0.25) is 10.0 Å². The lowest BCUT2D eigenvalue weighted by Crippen LogP contribution is -2.41. The molecule has 0 radical (unpaired) electrons. The molecule has 1 fully saturated rings. The van der Waals surface area contributed by atoms with Gasteiger partial charge in [0.25, 0.3) is 5.91 Å². The van der Waals surface area contributed by atoms with Crippen molar-refractivity contribution in [1.82, 2.24) is 10.3 Å². The van der Waals surface area contributed by atoms with Gasteiger partial charge in [0.15, 0.2) is 6.61 Å². The number of hydrogen-bond acceptors (Lipinski definition) is 5. The summed E-state index contributed by atoms with van der Waals surface area (Å²) in [4.78, 5) is 28.3. The van der Waals surface area contributed by atoms with Crippen LogP contribution in [0.3, 0.4) is 0 Å². The Kier molecular flexibility index (Phi) is 8.46. The Bertz CT molecular complexity index is 939. The number of aromatic nitrogens is 1. The maximum absolute atomic E-state index is 12.5. The standard InChI is InChI=1S/C21H21Cl2F2N3O4/c22-16-7-6-15(9-17(16)23)31-11-18(29)27-13-3-1-12(2-4-13)20(30)28-14-5-8-19(26-10-14)32-21(24)25/h5-10,12-13,21H,1-4,11H2,(H,27,29)(H,28,30). The molecular weight excluding hydrogens is 467 g/mol. The first-order valence-electron chi connectivity index (χ1n) is 9.89. The number of anilines is 1. The van der Waals surface area contributed by atoms with E-state index in [1.165, 1.54) is 24.4 Å². The highest BCUT2D eigenvalue weighted by Gasteiger charge is 2.27. The molecule has 3 rings (SSSR count). The molecule has 0 aliphatic heterocycles. The van der Waals surface area contributed by atoms with E-state index >= 15 is 0 Å². The summed E-state index contributed by atoms with van der Waals surface area (Å²) in [7, 11) is 0. The quantitative estimate of drug-likeness (QED) is 0.563. The third-order valence-corrected chi connectivity index (χ3v) is 5.68. The summed E-state index contributed by atoms with van der Waals surface area (Å²) in [6, 6.07) is 7.41. The highest BCUT2D eigenvalue weighted by atomic mass is 35.5. The van der Waals surface area contributed by atoms with Gasteiger partial charge in [-0.15, -0.1) is 0 Å². The number of carbonyl (C=O) groups excluding carboxylic acids is 2. The minimum absolute atomic E-state index is 0.0450. The lowest BCUT2D eigenvalue weighted by Gasteiger charge is -2.28. The van der Waals surface area contributed by atoms with Crippen molar-refractivity contribution in [3.05, 3.63) is 46.6 Å². The number of pyridine rings is 1. The fourth-order valence-electron chi connectivity index (χ4n) is 3.34. The fraction of sp³-hybridized carbons (Fsp3) is 0.381.